The molecule has 0 saturated heterocycles. The van der Waals surface area contributed by atoms with E-state index in [-0.39, 0.29) is 5.41 Å². The molecular formula is C12H23N3. The van der Waals surface area contributed by atoms with E-state index >= 15 is 0 Å². The molecule has 0 atom stereocenters. The van der Waals surface area contributed by atoms with Crippen molar-refractivity contribution in [2.45, 2.75) is 53.0 Å². The number of aromatic nitrogens is 2. The average Bonchev–Trinajstić information content (AvgIpc) is 2.41. The molecule has 0 aliphatic carbocycles. The predicted octanol–water partition coefficient (Wildman–Crippen LogP) is 2.15. The quantitative estimate of drug-likeness (QED) is 0.825. The molecule has 0 radical (unpaired) electrons. The third-order valence-corrected chi connectivity index (χ3v) is 3.13. The molecule has 1 rings (SSSR count). The largest absolute Gasteiger partial charge is 0.330 e. The number of rotatable bonds is 4. The van der Waals surface area contributed by atoms with Crippen LogP contribution in [-0.4, -0.2) is 16.3 Å². The summed E-state index contributed by atoms with van der Waals surface area (Å²) in [6.07, 6.45) is 1.00. The van der Waals surface area contributed by atoms with Crippen LogP contribution in [0.15, 0.2) is 0 Å². The molecule has 0 saturated carbocycles. The summed E-state index contributed by atoms with van der Waals surface area (Å²) >= 11 is 0. The number of nitrogens with zero attached hydrogens (tertiary/aromatic N) is 2. The van der Waals surface area contributed by atoms with E-state index in [4.69, 9.17) is 5.73 Å². The first-order valence-corrected chi connectivity index (χ1v) is 5.68. The Hall–Kier alpha value is -0.830. The zero-order chi connectivity index (χ0) is 11.6. The summed E-state index contributed by atoms with van der Waals surface area (Å²) in [4.78, 5) is 0. The van der Waals surface area contributed by atoms with Gasteiger partial charge in [0.2, 0.25) is 0 Å². The second-order valence-corrected chi connectivity index (χ2v) is 4.78. The molecule has 3 heteroatoms. The van der Waals surface area contributed by atoms with E-state index in [2.05, 4.69) is 44.4 Å². The molecule has 0 amide bonds. The molecule has 0 bridgehead atoms. The Morgan fingerprint density at radius 3 is 2.33 bits per heavy atom. The van der Waals surface area contributed by atoms with Crippen molar-refractivity contribution >= 4 is 0 Å². The Morgan fingerprint density at radius 2 is 1.93 bits per heavy atom. The van der Waals surface area contributed by atoms with Gasteiger partial charge in [-0.05, 0) is 39.2 Å². The standard InChI is InChI=1S/C12H23N3/c1-6-15-10(3)11(9(2)14-15)12(4,5)7-8-13/h6-8,13H2,1-5H3. The molecule has 3 nitrogen and oxygen atoms in total. The van der Waals surface area contributed by atoms with Crippen LogP contribution < -0.4 is 5.73 Å². The molecule has 0 spiro atoms. The van der Waals surface area contributed by atoms with Gasteiger partial charge in [0.15, 0.2) is 0 Å². The van der Waals surface area contributed by atoms with Gasteiger partial charge in [0.25, 0.3) is 0 Å². The highest BCUT2D eigenvalue weighted by molar-refractivity contribution is 5.32. The van der Waals surface area contributed by atoms with Crippen molar-refractivity contribution in [2.75, 3.05) is 6.54 Å². The molecule has 86 valence electrons. The first-order chi connectivity index (χ1) is 6.94. The fourth-order valence-corrected chi connectivity index (χ4v) is 2.47. The van der Waals surface area contributed by atoms with Crippen molar-refractivity contribution in [3.8, 4) is 0 Å². The Morgan fingerprint density at radius 1 is 1.33 bits per heavy atom. The normalized spacial score (nSPS) is 12.1. The molecule has 1 aromatic heterocycles. The highest BCUT2D eigenvalue weighted by Gasteiger charge is 2.26. The molecular weight excluding hydrogens is 186 g/mol. The zero-order valence-corrected chi connectivity index (χ0v) is 10.6. The summed E-state index contributed by atoms with van der Waals surface area (Å²) in [6.45, 7) is 12.5. The van der Waals surface area contributed by atoms with Gasteiger partial charge < -0.3 is 5.73 Å². The van der Waals surface area contributed by atoms with Crippen LogP contribution in [0, 0.1) is 13.8 Å². The van der Waals surface area contributed by atoms with Crippen molar-refractivity contribution in [2.24, 2.45) is 5.73 Å². The van der Waals surface area contributed by atoms with Crippen LogP contribution in [0.4, 0.5) is 0 Å². The second kappa shape index (κ2) is 4.35. The molecule has 0 unspecified atom stereocenters. The molecule has 15 heavy (non-hydrogen) atoms. The minimum atomic E-state index is 0.135. The summed E-state index contributed by atoms with van der Waals surface area (Å²) in [6, 6.07) is 0. The summed E-state index contributed by atoms with van der Waals surface area (Å²) in [5.74, 6) is 0. The summed E-state index contributed by atoms with van der Waals surface area (Å²) in [5.41, 5.74) is 9.60. The van der Waals surface area contributed by atoms with E-state index in [9.17, 15) is 0 Å². The van der Waals surface area contributed by atoms with Gasteiger partial charge in [0.05, 0.1) is 5.69 Å². The van der Waals surface area contributed by atoms with E-state index in [1.165, 1.54) is 11.3 Å². The van der Waals surface area contributed by atoms with Crippen LogP contribution in [-0.2, 0) is 12.0 Å². The van der Waals surface area contributed by atoms with Crippen molar-refractivity contribution in [3.05, 3.63) is 17.0 Å². The van der Waals surface area contributed by atoms with E-state index in [1.54, 1.807) is 0 Å². The smallest absolute Gasteiger partial charge is 0.0633 e. The summed E-state index contributed by atoms with van der Waals surface area (Å²) in [5, 5.41) is 4.55. The Labute approximate surface area is 92.7 Å². The molecule has 2 N–H and O–H groups in total. The Bertz CT molecular complexity index is 337. The van der Waals surface area contributed by atoms with Crippen LogP contribution >= 0.6 is 0 Å². The van der Waals surface area contributed by atoms with E-state index < -0.39 is 0 Å². The van der Waals surface area contributed by atoms with Gasteiger partial charge in [0, 0.05) is 17.8 Å². The van der Waals surface area contributed by atoms with Gasteiger partial charge in [-0.15, -0.1) is 0 Å². The zero-order valence-electron chi connectivity index (χ0n) is 10.6. The summed E-state index contributed by atoms with van der Waals surface area (Å²) in [7, 11) is 0. The Kier molecular flexibility index (Phi) is 3.55. The van der Waals surface area contributed by atoms with Gasteiger partial charge in [-0.1, -0.05) is 13.8 Å². The second-order valence-electron chi connectivity index (χ2n) is 4.78. The maximum absolute atomic E-state index is 5.66. The monoisotopic (exact) mass is 209 g/mol. The van der Waals surface area contributed by atoms with Crippen LogP contribution in [0.5, 0.6) is 0 Å². The predicted molar refractivity (Wildman–Crippen MR) is 64.1 cm³/mol. The van der Waals surface area contributed by atoms with Crippen molar-refractivity contribution in [1.82, 2.24) is 9.78 Å². The Balaban J connectivity index is 3.18. The number of hydrogen-bond donors (Lipinski definition) is 1. The number of aryl methyl sites for hydroxylation is 2. The topological polar surface area (TPSA) is 43.8 Å². The first-order valence-electron chi connectivity index (χ1n) is 5.68. The fraction of sp³-hybridized carbons (Fsp3) is 0.750. The fourth-order valence-electron chi connectivity index (χ4n) is 2.47. The van der Waals surface area contributed by atoms with Gasteiger partial charge in [-0.3, -0.25) is 4.68 Å². The van der Waals surface area contributed by atoms with E-state index in [0.717, 1.165) is 25.2 Å². The maximum atomic E-state index is 5.66. The SMILES string of the molecule is CCn1nc(C)c(C(C)(C)CCN)c1C. The van der Waals surface area contributed by atoms with E-state index in [0.29, 0.717) is 0 Å². The maximum Gasteiger partial charge on any atom is 0.0633 e. The lowest BCUT2D eigenvalue weighted by atomic mass is 9.80. The molecule has 1 aromatic rings. The van der Waals surface area contributed by atoms with Crippen LogP contribution in [0.3, 0.4) is 0 Å². The highest BCUT2D eigenvalue weighted by Crippen LogP contribution is 2.31. The van der Waals surface area contributed by atoms with Gasteiger partial charge >= 0.3 is 0 Å². The van der Waals surface area contributed by atoms with Crippen LogP contribution in [0.2, 0.25) is 0 Å². The number of nitrogens with two attached hydrogens (primary N) is 1. The molecule has 0 aliphatic rings. The lowest BCUT2D eigenvalue weighted by Gasteiger charge is -2.24. The van der Waals surface area contributed by atoms with Crippen LogP contribution in [0.1, 0.15) is 44.1 Å². The molecule has 0 aliphatic heterocycles. The third-order valence-electron chi connectivity index (χ3n) is 3.13. The van der Waals surface area contributed by atoms with Crippen molar-refractivity contribution < 1.29 is 0 Å². The van der Waals surface area contributed by atoms with Crippen molar-refractivity contribution in [3.63, 3.8) is 0 Å². The average molecular weight is 209 g/mol. The minimum absolute atomic E-state index is 0.135. The lowest BCUT2D eigenvalue weighted by Crippen LogP contribution is -2.23. The van der Waals surface area contributed by atoms with Crippen molar-refractivity contribution in [1.29, 1.82) is 0 Å². The molecule has 1 heterocycles. The first kappa shape index (κ1) is 12.2. The third kappa shape index (κ3) is 2.23. The van der Waals surface area contributed by atoms with Gasteiger partial charge in [-0.2, -0.15) is 5.10 Å². The van der Waals surface area contributed by atoms with Crippen LogP contribution in [0.25, 0.3) is 0 Å². The molecule has 0 aromatic carbocycles. The molecule has 0 fully saturated rings. The van der Waals surface area contributed by atoms with Gasteiger partial charge in [-0.25, -0.2) is 0 Å². The summed E-state index contributed by atoms with van der Waals surface area (Å²) < 4.78 is 2.07. The van der Waals surface area contributed by atoms with Gasteiger partial charge in [0.1, 0.15) is 0 Å². The highest BCUT2D eigenvalue weighted by atomic mass is 15.3. The van der Waals surface area contributed by atoms with E-state index in [1.807, 2.05) is 0 Å². The lowest BCUT2D eigenvalue weighted by molar-refractivity contribution is 0.481. The number of hydrogen-bond acceptors (Lipinski definition) is 2. The minimum Gasteiger partial charge on any atom is -0.330 e.